The molecule has 0 unspecified atom stereocenters. The number of aromatic nitrogens is 2. The van der Waals surface area contributed by atoms with Crippen LogP contribution in [0, 0.1) is 0 Å². The minimum absolute atomic E-state index is 0.0270. The molecular formula is C18H24N4O2. The predicted molar refractivity (Wildman–Crippen MR) is 89.4 cm³/mol. The summed E-state index contributed by atoms with van der Waals surface area (Å²) in [5.41, 5.74) is 2.09. The average Bonchev–Trinajstić information content (AvgIpc) is 3.19. The highest BCUT2D eigenvalue weighted by Gasteiger charge is 2.29. The van der Waals surface area contributed by atoms with Crippen LogP contribution in [0.25, 0.3) is 0 Å². The quantitative estimate of drug-likeness (QED) is 0.898. The van der Waals surface area contributed by atoms with E-state index >= 15 is 0 Å². The maximum absolute atomic E-state index is 12.7. The van der Waals surface area contributed by atoms with Crippen molar-refractivity contribution in [3.8, 4) is 0 Å². The van der Waals surface area contributed by atoms with Crippen LogP contribution in [0.1, 0.15) is 67.6 Å². The molecule has 0 bridgehead atoms. The van der Waals surface area contributed by atoms with Gasteiger partial charge in [0.1, 0.15) is 5.76 Å². The van der Waals surface area contributed by atoms with Crippen molar-refractivity contribution in [2.45, 2.75) is 57.0 Å². The monoisotopic (exact) mass is 328 g/mol. The van der Waals surface area contributed by atoms with Crippen LogP contribution >= 0.6 is 0 Å². The van der Waals surface area contributed by atoms with E-state index in [1.807, 2.05) is 17.0 Å². The van der Waals surface area contributed by atoms with Crippen molar-refractivity contribution in [1.82, 2.24) is 20.4 Å². The van der Waals surface area contributed by atoms with Crippen molar-refractivity contribution in [2.24, 2.45) is 0 Å². The van der Waals surface area contributed by atoms with Crippen molar-refractivity contribution >= 4 is 6.03 Å². The molecular weight excluding hydrogens is 304 g/mol. The second-order valence-corrected chi connectivity index (χ2v) is 6.82. The first-order valence-electron chi connectivity index (χ1n) is 8.93. The maximum atomic E-state index is 12.7. The summed E-state index contributed by atoms with van der Waals surface area (Å²) >= 11 is 0. The van der Waals surface area contributed by atoms with Gasteiger partial charge in [0, 0.05) is 12.5 Å². The molecule has 1 aliphatic carbocycles. The van der Waals surface area contributed by atoms with Gasteiger partial charge < -0.3 is 14.6 Å². The second kappa shape index (κ2) is 6.71. The molecule has 6 heteroatoms. The highest BCUT2D eigenvalue weighted by Crippen LogP contribution is 2.39. The lowest BCUT2D eigenvalue weighted by Crippen LogP contribution is -2.41. The van der Waals surface area contributed by atoms with E-state index < -0.39 is 0 Å². The highest BCUT2D eigenvalue weighted by atomic mass is 16.3. The number of carbonyl (C=O) groups is 1. The molecule has 2 fully saturated rings. The molecule has 0 aromatic carbocycles. The van der Waals surface area contributed by atoms with Gasteiger partial charge in [0.15, 0.2) is 0 Å². The Balaban J connectivity index is 1.40. The Bertz CT molecular complexity index is 675. The Hall–Kier alpha value is -2.24. The second-order valence-electron chi connectivity index (χ2n) is 6.82. The number of nitrogens with one attached hydrogen (secondary N) is 2. The van der Waals surface area contributed by atoms with Gasteiger partial charge in [-0.2, -0.15) is 5.10 Å². The molecule has 2 aromatic rings. The lowest BCUT2D eigenvalue weighted by molar-refractivity contribution is 0.166. The molecule has 128 valence electrons. The van der Waals surface area contributed by atoms with Crippen LogP contribution in [0.2, 0.25) is 0 Å². The smallest absolute Gasteiger partial charge is 0.318 e. The molecule has 2 aliphatic rings. The van der Waals surface area contributed by atoms with E-state index in [1.54, 1.807) is 6.26 Å². The molecule has 0 radical (unpaired) electrons. The Morgan fingerprint density at radius 2 is 2.25 bits per heavy atom. The summed E-state index contributed by atoms with van der Waals surface area (Å²) in [6, 6.07) is 5.93. The molecule has 1 aliphatic heterocycles. The zero-order valence-corrected chi connectivity index (χ0v) is 13.8. The third kappa shape index (κ3) is 3.32. The number of H-pyrrole nitrogens is 1. The first-order valence-corrected chi connectivity index (χ1v) is 8.93. The standard InChI is InChI=1S/C18H24N4O2/c23-18(19-12-14-11-15(21-20-14)13-7-8-13)22-9-3-1-2-5-16(22)17-6-4-10-24-17/h4,6,10-11,13,16H,1-3,5,7-9,12H2,(H,19,23)(H,20,21)/t16-/m1/s1. The van der Waals surface area contributed by atoms with Crippen molar-refractivity contribution in [2.75, 3.05) is 6.54 Å². The Kier molecular flexibility index (Phi) is 4.28. The Morgan fingerprint density at radius 1 is 1.33 bits per heavy atom. The molecule has 1 saturated carbocycles. The van der Waals surface area contributed by atoms with Gasteiger partial charge in [-0.3, -0.25) is 5.10 Å². The molecule has 4 rings (SSSR count). The first kappa shape index (κ1) is 15.3. The summed E-state index contributed by atoms with van der Waals surface area (Å²) in [6.45, 7) is 1.26. The number of carbonyl (C=O) groups excluding carboxylic acids is 1. The number of hydrogen-bond donors (Lipinski definition) is 2. The molecule has 6 nitrogen and oxygen atoms in total. The fourth-order valence-electron chi connectivity index (χ4n) is 3.46. The van der Waals surface area contributed by atoms with Crippen LogP contribution in [-0.2, 0) is 6.54 Å². The fourth-order valence-corrected chi connectivity index (χ4v) is 3.46. The summed E-state index contributed by atoms with van der Waals surface area (Å²) in [5.74, 6) is 1.50. The molecule has 24 heavy (non-hydrogen) atoms. The van der Waals surface area contributed by atoms with Crippen molar-refractivity contribution in [3.63, 3.8) is 0 Å². The van der Waals surface area contributed by atoms with Gasteiger partial charge >= 0.3 is 6.03 Å². The lowest BCUT2D eigenvalue weighted by Gasteiger charge is -2.28. The number of aromatic amines is 1. The van der Waals surface area contributed by atoms with E-state index in [2.05, 4.69) is 21.6 Å². The molecule has 0 spiro atoms. The number of rotatable bonds is 4. The minimum Gasteiger partial charge on any atom is -0.467 e. The topological polar surface area (TPSA) is 74.2 Å². The third-order valence-corrected chi connectivity index (χ3v) is 4.96. The molecule has 2 amide bonds. The summed E-state index contributed by atoms with van der Waals surface area (Å²) in [4.78, 5) is 14.6. The van der Waals surface area contributed by atoms with Gasteiger partial charge in [-0.05, 0) is 43.9 Å². The van der Waals surface area contributed by atoms with E-state index in [0.717, 1.165) is 49.4 Å². The van der Waals surface area contributed by atoms with Gasteiger partial charge in [0.2, 0.25) is 0 Å². The van der Waals surface area contributed by atoms with Gasteiger partial charge in [0.05, 0.1) is 30.2 Å². The molecule has 1 saturated heterocycles. The van der Waals surface area contributed by atoms with Gasteiger partial charge in [-0.1, -0.05) is 12.8 Å². The third-order valence-electron chi connectivity index (χ3n) is 4.96. The Morgan fingerprint density at radius 3 is 3.04 bits per heavy atom. The molecule has 2 aromatic heterocycles. The predicted octanol–water partition coefficient (Wildman–Crippen LogP) is 3.71. The van der Waals surface area contributed by atoms with Crippen LogP contribution in [0.5, 0.6) is 0 Å². The summed E-state index contributed by atoms with van der Waals surface area (Å²) in [5, 5.41) is 10.4. The van der Waals surface area contributed by atoms with E-state index in [1.165, 1.54) is 12.8 Å². The van der Waals surface area contributed by atoms with E-state index in [4.69, 9.17) is 4.42 Å². The van der Waals surface area contributed by atoms with Crippen LogP contribution < -0.4 is 5.32 Å². The zero-order chi connectivity index (χ0) is 16.4. The average molecular weight is 328 g/mol. The first-order chi connectivity index (χ1) is 11.8. The minimum atomic E-state index is -0.0270. The Labute approximate surface area is 141 Å². The van der Waals surface area contributed by atoms with Crippen LogP contribution in [-0.4, -0.2) is 27.7 Å². The number of furan rings is 1. The lowest BCUT2D eigenvalue weighted by atomic mass is 10.1. The van der Waals surface area contributed by atoms with Crippen molar-refractivity contribution < 1.29 is 9.21 Å². The van der Waals surface area contributed by atoms with Crippen LogP contribution in [0.3, 0.4) is 0 Å². The van der Waals surface area contributed by atoms with E-state index in [0.29, 0.717) is 12.5 Å². The normalized spacial score (nSPS) is 21.5. The summed E-state index contributed by atoms with van der Waals surface area (Å²) < 4.78 is 5.57. The molecule has 3 heterocycles. The SMILES string of the molecule is O=C(NCc1cc(C2CC2)n[nH]1)N1CCCCC[C@@H]1c1ccco1. The highest BCUT2D eigenvalue weighted by molar-refractivity contribution is 5.74. The zero-order valence-electron chi connectivity index (χ0n) is 13.8. The number of hydrogen-bond acceptors (Lipinski definition) is 3. The molecule has 2 N–H and O–H groups in total. The van der Waals surface area contributed by atoms with Crippen LogP contribution in [0.4, 0.5) is 4.79 Å². The summed E-state index contributed by atoms with van der Waals surface area (Å²) in [6.07, 6.45) is 8.43. The number of amides is 2. The van der Waals surface area contributed by atoms with E-state index in [9.17, 15) is 4.79 Å². The van der Waals surface area contributed by atoms with E-state index in [-0.39, 0.29) is 12.1 Å². The van der Waals surface area contributed by atoms with Gasteiger partial charge in [0.25, 0.3) is 0 Å². The number of likely N-dealkylation sites (tertiary alicyclic amines) is 1. The van der Waals surface area contributed by atoms with Crippen molar-refractivity contribution in [1.29, 1.82) is 0 Å². The molecule has 1 atom stereocenters. The largest absolute Gasteiger partial charge is 0.467 e. The van der Waals surface area contributed by atoms with Gasteiger partial charge in [-0.15, -0.1) is 0 Å². The van der Waals surface area contributed by atoms with Gasteiger partial charge in [-0.25, -0.2) is 4.79 Å². The maximum Gasteiger partial charge on any atom is 0.318 e. The van der Waals surface area contributed by atoms with Crippen LogP contribution in [0.15, 0.2) is 28.9 Å². The number of nitrogens with zero attached hydrogens (tertiary/aromatic N) is 2. The fraction of sp³-hybridized carbons (Fsp3) is 0.556. The summed E-state index contributed by atoms with van der Waals surface area (Å²) in [7, 11) is 0. The van der Waals surface area contributed by atoms with Crippen molar-refractivity contribution in [3.05, 3.63) is 41.6 Å². The number of urea groups is 1.